The molecule has 0 aliphatic rings. The highest BCUT2D eigenvalue weighted by atomic mass is 35.5. The van der Waals surface area contributed by atoms with Crippen LogP contribution in [0.1, 0.15) is 21.6 Å². The van der Waals surface area contributed by atoms with Crippen molar-refractivity contribution in [3.8, 4) is 16.9 Å². The van der Waals surface area contributed by atoms with E-state index in [2.05, 4.69) is 15.4 Å². The Morgan fingerprint density at radius 3 is 2.47 bits per heavy atom. The number of halogens is 3. The van der Waals surface area contributed by atoms with E-state index < -0.39 is 5.91 Å². The predicted octanol–water partition coefficient (Wildman–Crippen LogP) is 5.91. The van der Waals surface area contributed by atoms with Gasteiger partial charge in [0.2, 0.25) is 0 Å². The fourth-order valence-corrected chi connectivity index (χ4v) is 3.98. The molecule has 0 radical (unpaired) electrons. The molecule has 0 aliphatic heterocycles. The third-order valence-corrected chi connectivity index (χ3v) is 5.73. The third-order valence-electron chi connectivity index (χ3n) is 4.94. The molecule has 2 aromatic carbocycles. The van der Waals surface area contributed by atoms with Gasteiger partial charge < -0.3 is 11.1 Å². The Bertz CT molecular complexity index is 1300. The summed E-state index contributed by atoms with van der Waals surface area (Å²) < 4.78 is 1.63. The van der Waals surface area contributed by atoms with Crippen LogP contribution in [0.4, 0.5) is 5.82 Å². The summed E-state index contributed by atoms with van der Waals surface area (Å²) in [6.45, 7) is 2.07. The van der Waals surface area contributed by atoms with Gasteiger partial charge in [0.05, 0.1) is 16.4 Å². The van der Waals surface area contributed by atoms with Crippen LogP contribution in [0.25, 0.3) is 16.9 Å². The number of anilines is 1. The number of nitrogens with zero attached hydrogens (tertiary/aromatic N) is 3. The van der Waals surface area contributed by atoms with Crippen molar-refractivity contribution in [1.82, 2.24) is 14.8 Å². The van der Waals surface area contributed by atoms with Crippen LogP contribution in [-0.2, 0) is 6.54 Å². The molecule has 2 aromatic heterocycles. The molecule has 0 saturated carbocycles. The van der Waals surface area contributed by atoms with Gasteiger partial charge in [0.25, 0.3) is 5.91 Å². The van der Waals surface area contributed by atoms with Gasteiger partial charge in [-0.1, -0.05) is 53.0 Å². The molecule has 0 spiro atoms. The van der Waals surface area contributed by atoms with Crippen LogP contribution in [0, 0.1) is 6.92 Å². The highest BCUT2D eigenvalue weighted by Crippen LogP contribution is 2.33. The molecule has 4 aromatic rings. The first kappa shape index (κ1) is 22.3. The van der Waals surface area contributed by atoms with Crippen LogP contribution in [0.5, 0.6) is 0 Å². The Balaban J connectivity index is 1.85. The van der Waals surface area contributed by atoms with Gasteiger partial charge >= 0.3 is 0 Å². The van der Waals surface area contributed by atoms with Crippen molar-refractivity contribution in [3.05, 3.63) is 92.7 Å². The van der Waals surface area contributed by atoms with Crippen LogP contribution in [0.15, 0.2) is 60.8 Å². The summed E-state index contributed by atoms with van der Waals surface area (Å²) in [6, 6.07) is 15.9. The largest absolute Gasteiger partial charge is 0.326 e. The Morgan fingerprint density at radius 2 is 1.78 bits per heavy atom. The zero-order chi connectivity index (χ0) is 22.8. The van der Waals surface area contributed by atoms with Gasteiger partial charge in [-0.3, -0.25) is 4.79 Å². The second-order valence-electron chi connectivity index (χ2n) is 7.01. The van der Waals surface area contributed by atoms with Crippen molar-refractivity contribution < 1.29 is 4.79 Å². The Labute approximate surface area is 199 Å². The molecule has 162 valence electrons. The maximum absolute atomic E-state index is 13.2. The van der Waals surface area contributed by atoms with Crippen LogP contribution >= 0.6 is 34.8 Å². The average molecular weight is 487 g/mol. The zero-order valence-corrected chi connectivity index (χ0v) is 19.2. The molecular weight excluding hydrogens is 469 g/mol. The van der Waals surface area contributed by atoms with Crippen LogP contribution in [0.2, 0.25) is 15.1 Å². The zero-order valence-electron chi connectivity index (χ0n) is 16.9. The number of hydrogen-bond donors (Lipinski definition) is 2. The molecule has 0 fully saturated rings. The number of rotatable bonds is 5. The Hall–Kier alpha value is -2.90. The van der Waals surface area contributed by atoms with Crippen molar-refractivity contribution >= 4 is 46.5 Å². The lowest BCUT2D eigenvalue weighted by molar-refractivity contribution is 0.102. The highest BCUT2D eigenvalue weighted by Gasteiger charge is 2.24. The van der Waals surface area contributed by atoms with Crippen LogP contribution < -0.4 is 11.1 Å². The molecule has 4 rings (SSSR count). The van der Waals surface area contributed by atoms with Crippen molar-refractivity contribution in [3.63, 3.8) is 0 Å². The topological polar surface area (TPSA) is 85.8 Å². The summed E-state index contributed by atoms with van der Waals surface area (Å²) in [5, 5.41) is 8.92. The molecule has 0 saturated heterocycles. The van der Waals surface area contributed by atoms with E-state index in [0.29, 0.717) is 37.8 Å². The van der Waals surface area contributed by atoms with Crippen molar-refractivity contribution in [1.29, 1.82) is 0 Å². The van der Waals surface area contributed by atoms with E-state index in [-0.39, 0.29) is 12.2 Å². The molecule has 6 nitrogen and oxygen atoms in total. The summed E-state index contributed by atoms with van der Waals surface area (Å²) in [6.07, 6.45) is 1.59. The van der Waals surface area contributed by atoms with Gasteiger partial charge in [-0.2, -0.15) is 5.10 Å². The molecule has 2 heterocycles. The fraction of sp³-hybridized carbons (Fsp3) is 0.0870. The molecule has 32 heavy (non-hydrogen) atoms. The smallest absolute Gasteiger partial charge is 0.277 e. The minimum atomic E-state index is -0.407. The molecule has 1 amide bonds. The van der Waals surface area contributed by atoms with E-state index in [1.165, 1.54) is 0 Å². The summed E-state index contributed by atoms with van der Waals surface area (Å²) >= 11 is 18.6. The van der Waals surface area contributed by atoms with Gasteiger partial charge in [-0.25, -0.2) is 9.67 Å². The first-order valence-corrected chi connectivity index (χ1v) is 10.8. The fourth-order valence-electron chi connectivity index (χ4n) is 3.37. The van der Waals surface area contributed by atoms with E-state index in [1.807, 2.05) is 19.1 Å². The standard InChI is InChI=1S/C23H18Cl3N5O/c1-13-20(23(32)29-22-15(12-27)3-2-10-28-22)30-31(19-9-8-17(25)11-18(19)26)21(13)14-4-6-16(24)7-5-14/h2-11H,12,27H2,1H3,(H,28,29,32). The number of hydrogen-bond acceptors (Lipinski definition) is 4. The monoisotopic (exact) mass is 485 g/mol. The molecule has 0 unspecified atom stereocenters. The molecule has 0 aliphatic carbocycles. The van der Waals surface area contributed by atoms with Gasteiger partial charge in [0.1, 0.15) is 5.82 Å². The lowest BCUT2D eigenvalue weighted by Gasteiger charge is -2.11. The lowest BCUT2D eigenvalue weighted by Crippen LogP contribution is -2.17. The van der Waals surface area contributed by atoms with Gasteiger partial charge in [-0.15, -0.1) is 0 Å². The normalized spacial score (nSPS) is 10.9. The lowest BCUT2D eigenvalue weighted by atomic mass is 10.1. The number of carbonyl (C=O) groups excluding carboxylic acids is 1. The Morgan fingerprint density at radius 1 is 1.06 bits per heavy atom. The van der Waals surface area contributed by atoms with E-state index in [0.717, 1.165) is 11.1 Å². The van der Waals surface area contributed by atoms with Crippen LogP contribution in [-0.4, -0.2) is 20.7 Å². The van der Waals surface area contributed by atoms with Crippen LogP contribution in [0.3, 0.4) is 0 Å². The molecule has 0 bridgehead atoms. The van der Waals surface area contributed by atoms with E-state index in [4.69, 9.17) is 40.5 Å². The highest BCUT2D eigenvalue weighted by molar-refractivity contribution is 6.35. The summed E-state index contributed by atoms with van der Waals surface area (Å²) in [5.74, 6) is -0.0125. The van der Waals surface area contributed by atoms with Crippen molar-refractivity contribution in [2.45, 2.75) is 13.5 Å². The quantitative estimate of drug-likeness (QED) is 0.367. The summed E-state index contributed by atoms with van der Waals surface area (Å²) in [7, 11) is 0. The SMILES string of the molecule is Cc1c(C(=O)Nc2ncccc2CN)nn(-c2ccc(Cl)cc2Cl)c1-c1ccc(Cl)cc1. The number of benzene rings is 2. The second-order valence-corrected chi connectivity index (χ2v) is 8.29. The number of amides is 1. The Kier molecular flexibility index (Phi) is 6.48. The number of nitrogens with two attached hydrogens (primary N) is 1. The minimum Gasteiger partial charge on any atom is -0.326 e. The number of pyridine rings is 1. The van der Waals surface area contributed by atoms with E-state index in [9.17, 15) is 4.79 Å². The molecule has 3 N–H and O–H groups in total. The first-order chi connectivity index (χ1) is 15.4. The molecular formula is C23H18Cl3N5O. The summed E-state index contributed by atoms with van der Waals surface area (Å²) in [5.41, 5.74) is 9.50. The number of aromatic nitrogens is 3. The third kappa shape index (κ3) is 4.36. The number of nitrogens with one attached hydrogen (secondary N) is 1. The van der Waals surface area contributed by atoms with Crippen molar-refractivity contribution in [2.24, 2.45) is 5.73 Å². The minimum absolute atomic E-state index is 0.231. The maximum atomic E-state index is 13.2. The van der Waals surface area contributed by atoms with E-state index in [1.54, 1.807) is 53.3 Å². The summed E-state index contributed by atoms with van der Waals surface area (Å²) in [4.78, 5) is 17.4. The van der Waals surface area contributed by atoms with Gasteiger partial charge in [-0.05, 0) is 43.3 Å². The molecule has 9 heteroatoms. The van der Waals surface area contributed by atoms with Crippen molar-refractivity contribution in [2.75, 3.05) is 5.32 Å². The molecule has 0 atom stereocenters. The van der Waals surface area contributed by atoms with Gasteiger partial charge in [0, 0.05) is 39.5 Å². The number of carbonyl (C=O) groups is 1. The maximum Gasteiger partial charge on any atom is 0.277 e. The van der Waals surface area contributed by atoms with Gasteiger partial charge in [0.15, 0.2) is 5.69 Å². The first-order valence-electron chi connectivity index (χ1n) is 9.65. The van der Waals surface area contributed by atoms with E-state index >= 15 is 0 Å². The second kappa shape index (κ2) is 9.30. The predicted molar refractivity (Wildman–Crippen MR) is 129 cm³/mol. The average Bonchev–Trinajstić information content (AvgIpc) is 3.11.